The summed E-state index contributed by atoms with van der Waals surface area (Å²) in [7, 11) is -4.15. The van der Waals surface area contributed by atoms with E-state index in [1.807, 2.05) is 19.1 Å². The van der Waals surface area contributed by atoms with Crippen molar-refractivity contribution in [3.05, 3.63) is 124 Å². The Bertz CT molecular complexity index is 1830. The van der Waals surface area contributed by atoms with Crippen LogP contribution in [0.4, 0.5) is 5.69 Å². The fourth-order valence-electron chi connectivity index (χ4n) is 5.97. The van der Waals surface area contributed by atoms with Gasteiger partial charge in [0.2, 0.25) is 15.9 Å². The van der Waals surface area contributed by atoms with Crippen LogP contribution in [-0.2, 0) is 27.9 Å². The van der Waals surface area contributed by atoms with Crippen LogP contribution in [0.15, 0.2) is 95.9 Å². The molecule has 1 amide bonds. The smallest absolute Gasteiger partial charge is 0.243 e. The standard InChI is InChI=1S/C37H39N3O6S/c1-26-7-18-33(19-8-26)47(45,46)39(23-28-11-9-27(22-38)10-12-28)25-36(42)40(32-17-20-34(37(43)44)35(41)21-32)24-29-13-15-31(16-14-29)30-5-3-2-4-6-30/h7-21,30,37,41,43-44H,2-6,23-25H2,1H3. The normalized spacial score (nSPS) is 13.9. The molecule has 244 valence electrons. The van der Waals surface area contributed by atoms with Crippen LogP contribution in [0, 0.1) is 18.3 Å². The van der Waals surface area contributed by atoms with Gasteiger partial charge < -0.3 is 20.2 Å². The summed E-state index contributed by atoms with van der Waals surface area (Å²) >= 11 is 0. The lowest BCUT2D eigenvalue weighted by Gasteiger charge is -2.28. The molecule has 1 fully saturated rings. The molecular weight excluding hydrogens is 614 g/mol. The summed E-state index contributed by atoms with van der Waals surface area (Å²) < 4.78 is 29.1. The van der Waals surface area contributed by atoms with Crippen LogP contribution in [0.1, 0.15) is 77.7 Å². The first kappa shape index (κ1) is 33.8. The lowest BCUT2D eigenvalue weighted by molar-refractivity contribution is -0.119. The number of aromatic hydroxyl groups is 1. The molecule has 3 N–H and O–H groups in total. The maximum absolute atomic E-state index is 14.2. The fourth-order valence-corrected chi connectivity index (χ4v) is 7.34. The van der Waals surface area contributed by atoms with Crippen LogP contribution >= 0.6 is 0 Å². The molecule has 0 unspecified atom stereocenters. The van der Waals surface area contributed by atoms with Crippen molar-refractivity contribution in [2.75, 3.05) is 11.4 Å². The van der Waals surface area contributed by atoms with Gasteiger partial charge in [-0.2, -0.15) is 9.57 Å². The highest BCUT2D eigenvalue weighted by Gasteiger charge is 2.30. The van der Waals surface area contributed by atoms with Crippen molar-refractivity contribution < 1.29 is 28.5 Å². The molecule has 5 rings (SSSR count). The molecule has 4 aromatic carbocycles. The largest absolute Gasteiger partial charge is 0.507 e. The van der Waals surface area contributed by atoms with Gasteiger partial charge in [0.1, 0.15) is 5.75 Å². The summed E-state index contributed by atoms with van der Waals surface area (Å²) in [6.45, 7) is 1.28. The van der Waals surface area contributed by atoms with Gasteiger partial charge in [0.15, 0.2) is 6.29 Å². The number of phenolic OH excluding ortho intramolecular Hbond substituents is 1. The number of rotatable bonds is 11. The third kappa shape index (κ3) is 8.25. The van der Waals surface area contributed by atoms with Crippen LogP contribution in [0.2, 0.25) is 0 Å². The number of hydrogen-bond acceptors (Lipinski definition) is 7. The lowest BCUT2D eigenvalue weighted by Crippen LogP contribution is -2.42. The van der Waals surface area contributed by atoms with E-state index in [4.69, 9.17) is 0 Å². The van der Waals surface area contributed by atoms with Crippen LogP contribution in [0.25, 0.3) is 0 Å². The molecule has 1 aliphatic rings. The van der Waals surface area contributed by atoms with E-state index in [-0.39, 0.29) is 29.2 Å². The zero-order valence-electron chi connectivity index (χ0n) is 26.3. The minimum atomic E-state index is -4.15. The number of carbonyl (C=O) groups is 1. The zero-order valence-corrected chi connectivity index (χ0v) is 27.1. The molecule has 0 aliphatic heterocycles. The number of anilines is 1. The molecule has 10 heteroatoms. The number of aliphatic hydroxyl groups excluding tert-OH is 1. The minimum Gasteiger partial charge on any atom is -0.507 e. The Hall–Kier alpha value is -4.53. The third-order valence-electron chi connectivity index (χ3n) is 8.71. The predicted octanol–water partition coefficient (Wildman–Crippen LogP) is 6.03. The summed E-state index contributed by atoms with van der Waals surface area (Å²) in [5, 5.41) is 39.1. The second-order valence-electron chi connectivity index (χ2n) is 12.1. The van der Waals surface area contributed by atoms with Crippen LogP contribution < -0.4 is 4.90 Å². The van der Waals surface area contributed by atoms with Crippen molar-refractivity contribution >= 4 is 21.6 Å². The van der Waals surface area contributed by atoms with Gasteiger partial charge in [-0.15, -0.1) is 0 Å². The lowest BCUT2D eigenvalue weighted by atomic mass is 9.84. The van der Waals surface area contributed by atoms with Crippen molar-refractivity contribution in [2.24, 2.45) is 0 Å². The Kier molecular flexibility index (Phi) is 10.7. The van der Waals surface area contributed by atoms with Gasteiger partial charge >= 0.3 is 0 Å². The molecule has 1 aliphatic carbocycles. The predicted molar refractivity (Wildman–Crippen MR) is 179 cm³/mol. The third-order valence-corrected chi connectivity index (χ3v) is 10.5. The van der Waals surface area contributed by atoms with Crippen LogP contribution in [0.5, 0.6) is 5.75 Å². The minimum absolute atomic E-state index is 0.0355. The molecule has 1 saturated carbocycles. The fraction of sp³-hybridized carbons (Fsp3) is 0.297. The van der Waals surface area contributed by atoms with E-state index >= 15 is 0 Å². The Labute approximate surface area is 276 Å². The van der Waals surface area contributed by atoms with Crippen molar-refractivity contribution in [2.45, 2.75) is 69.2 Å². The number of carbonyl (C=O) groups excluding carboxylic acids is 1. The molecule has 4 aromatic rings. The van der Waals surface area contributed by atoms with E-state index in [1.165, 1.54) is 60.1 Å². The number of amides is 1. The molecule has 0 spiro atoms. The number of phenols is 1. The number of aryl methyl sites for hydroxylation is 1. The monoisotopic (exact) mass is 653 g/mol. The van der Waals surface area contributed by atoms with E-state index < -0.39 is 34.5 Å². The Morgan fingerprint density at radius 3 is 2.09 bits per heavy atom. The maximum atomic E-state index is 14.2. The van der Waals surface area contributed by atoms with E-state index in [1.54, 1.807) is 36.4 Å². The summed E-state index contributed by atoms with van der Waals surface area (Å²) in [5.41, 5.74) is 4.11. The van der Waals surface area contributed by atoms with Gasteiger partial charge in [-0.05, 0) is 78.8 Å². The Morgan fingerprint density at radius 1 is 0.872 bits per heavy atom. The number of aliphatic hydroxyl groups is 2. The summed E-state index contributed by atoms with van der Waals surface area (Å²) in [4.78, 5) is 15.6. The Balaban J connectivity index is 1.49. The highest BCUT2D eigenvalue weighted by molar-refractivity contribution is 7.89. The molecule has 0 bridgehead atoms. The molecule has 47 heavy (non-hydrogen) atoms. The summed E-state index contributed by atoms with van der Waals surface area (Å²) in [6, 6.07) is 27.1. The Morgan fingerprint density at radius 2 is 1.49 bits per heavy atom. The quantitative estimate of drug-likeness (QED) is 0.168. The van der Waals surface area contributed by atoms with E-state index in [2.05, 4.69) is 18.2 Å². The van der Waals surface area contributed by atoms with Gasteiger partial charge in [0, 0.05) is 23.9 Å². The molecular formula is C37H39N3O6S. The first-order chi connectivity index (χ1) is 22.5. The zero-order chi connectivity index (χ0) is 33.6. The van der Waals surface area contributed by atoms with Crippen molar-refractivity contribution in [1.82, 2.24) is 4.31 Å². The van der Waals surface area contributed by atoms with Gasteiger partial charge in [-0.25, -0.2) is 8.42 Å². The van der Waals surface area contributed by atoms with Gasteiger partial charge in [-0.1, -0.05) is 73.4 Å². The highest BCUT2D eigenvalue weighted by atomic mass is 32.2. The molecule has 9 nitrogen and oxygen atoms in total. The number of benzene rings is 4. The number of sulfonamides is 1. The van der Waals surface area contributed by atoms with Crippen molar-refractivity contribution in [1.29, 1.82) is 5.26 Å². The molecule has 0 atom stereocenters. The topological polar surface area (TPSA) is 142 Å². The summed E-state index contributed by atoms with van der Waals surface area (Å²) in [5.74, 6) is -0.459. The molecule has 0 aromatic heterocycles. The second kappa shape index (κ2) is 14.9. The maximum Gasteiger partial charge on any atom is 0.243 e. The van der Waals surface area contributed by atoms with E-state index in [0.29, 0.717) is 17.0 Å². The average molecular weight is 654 g/mol. The van der Waals surface area contributed by atoms with Gasteiger partial charge in [-0.3, -0.25) is 4.79 Å². The van der Waals surface area contributed by atoms with Crippen LogP contribution in [0.3, 0.4) is 0 Å². The number of nitriles is 1. The first-order valence-electron chi connectivity index (χ1n) is 15.7. The van der Waals surface area contributed by atoms with E-state index in [9.17, 15) is 33.8 Å². The molecule has 0 radical (unpaired) electrons. The second-order valence-corrected chi connectivity index (χ2v) is 14.0. The first-order valence-corrected chi connectivity index (χ1v) is 17.1. The molecule has 0 heterocycles. The van der Waals surface area contributed by atoms with Gasteiger partial charge in [0.25, 0.3) is 0 Å². The molecule has 0 saturated heterocycles. The number of hydrogen-bond donors (Lipinski definition) is 3. The highest BCUT2D eigenvalue weighted by Crippen LogP contribution is 2.34. The van der Waals surface area contributed by atoms with Gasteiger partial charge in [0.05, 0.1) is 29.6 Å². The van der Waals surface area contributed by atoms with Crippen molar-refractivity contribution in [3.63, 3.8) is 0 Å². The van der Waals surface area contributed by atoms with E-state index in [0.717, 1.165) is 28.3 Å². The summed E-state index contributed by atoms with van der Waals surface area (Å²) in [6.07, 6.45) is 4.06. The van der Waals surface area contributed by atoms with Crippen molar-refractivity contribution in [3.8, 4) is 11.8 Å². The average Bonchev–Trinajstić information content (AvgIpc) is 3.07. The van der Waals surface area contributed by atoms with Crippen LogP contribution in [-0.4, -0.2) is 40.5 Å². The number of nitrogens with zero attached hydrogens (tertiary/aromatic N) is 3. The SMILES string of the molecule is Cc1ccc(S(=O)(=O)N(CC(=O)N(Cc2ccc(C3CCCCC3)cc2)c2ccc(C(O)O)c(O)c2)Cc2ccc(C#N)cc2)cc1.